The first-order valence-electron chi connectivity index (χ1n) is 7.12. The molecule has 8 heteroatoms. The molecule has 1 heterocycles. The molecule has 0 aliphatic heterocycles. The highest BCUT2D eigenvalue weighted by Gasteiger charge is 2.12. The van der Waals surface area contributed by atoms with Gasteiger partial charge in [0.1, 0.15) is 35.3 Å². The van der Waals surface area contributed by atoms with E-state index in [1.807, 2.05) is 0 Å². The van der Waals surface area contributed by atoms with Crippen molar-refractivity contribution in [2.45, 2.75) is 0 Å². The van der Waals surface area contributed by atoms with E-state index in [4.69, 9.17) is 0 Å². The lowest BCUT2D eigenvalue weighted by Gasteiger charge is -2.08. The Bertz CT molecular complexity index is 916. The largest absolute Gasteiger partial charge is 0.340 e. The topological polar surface area (TPSA) is 66.9 Å². The normalized spacial score (nSPS) is 10.4. The standard InChI is InChI=1S/C17H11F3N4O/c18-10-1-4-12(5-2-10)23-16-8-15(21-9-22-16)17(25)24-14-6-3-11(19)7-13(14)20/h1-9H,(H,24,25)(H,21,22,23). The van der Waals surface area contributed by atoms with Crippen LogP contribution in [0.5, 0.6) is 0 Å². The molecule has 126 valence electrons. The summed E-state index contributed by atoms with van der Waals surface area (Å²) in [6.07, 6.45) is 1.15. The van der Waals surface area contributed by atoms with Gasteiger partial charge in [0, 0.05) is 17.8 Å². The predicted octanol–water partition coefficient (Wildman–Crippen LogP) is 3.89. The SMILES string of the molecule is O=C(Nc1ccc(F)cc1F)c1cc(Nc2ccc(F)cc2)ncn1. The number of hydrogen-bond acceptors (Lipinski definition) is 4. The van der Waals surface area contributed by atoms with Crippen LogP contribution in [-0.2, 0) is 0 Å². The summed E-state index contributed by atoms with van der Waals surface area (Å²) in [5.41, 5.74) is 0.373. The van der Waals surface area contributed by atoms with Crippen LogP contribution in [0, 0.1) is 17.5 Å². The van der Waals surface area contributed by atoms with E-state index in [0.29, 0.717) is 17.6 Å². The zero-order chi connectivity index (χ0) is 17.8. The Morgan fingerprint density at radius 3 is 2.32 bits per heavy atom. The smallest absolute Gasteiger partial charge is 0.274 e. The van der Waals surface area contributed by atoms with Crippen molar-refractivity contribution >= 4 is 23.1 Å². The maximum Gasteiger partial charge on any atom is 0.274 e. The summed E-state index contributed by atoms with van der Waals surface area (Å²) < 4.78 is 39.4. The van der Waals surface area contributed by atoms with E-state index < -0.39 is 17.5 Å². The van der Waals surface area contributed by atoms with E-state index in [1.54, 1.807) is 0 Å². The van der Waals surface area contributed by atoms with Gasteiger partial charge in [-0.15, -0.1) is 0 Å². The molecule has 0 aliphatic rings. The van der Waals surface area contributed by atoms with Crippen molar-refractivity contribution in [2.24, 2.45) is 0 Å². The van der Waals surface area contributed by atoms with Crippen LogP contribution in [0.4, 0.5) is 30.4 Å². The molecular weight excluding hydrogens is 333 g/mol. The number of carbonyl (C=O) groups excluding carboxylic acids is 1. The van der Waals surface area contributed by atoms with Crippen LogP contribution in [0.25, 0.3) is 0 Å². The highest BCUT2D eigenvalue weighted by Crippen LogP contribution is 2.18. The fraction of sp³-hybridized carbons (Fsp3) is 0. The molecule has 0 spiro atoms. The molecule has 0 unspecified atom stereocenters. The number of nitrogens with one attached hydrogen (secondary N) is 2. The minimum atomic E-state index is -0.896. The number of hydrogen-bond donors (Lipinski definition) is 2. The van der Waals surface area contributed by atoms with Crippen LogP contribution in [0.3, 0.4) is 0 Å². The molecular formula is C17H11F3N4O. The van der Waals surface area contributed by atoms with E-state index in [1.165, 1.54) is 30.3 Å². The second kappa shape index (κ2) is 7.00. The molecule has 1 aromatic heterocycles. The zero-order valence-electron chi connectivity index (χ0n) is 12.6. The van der Waals surface area contributed by atoms with Gasteiger partial charge in [-0.05, 0) is 36.4 Å². The average molecular weight is 344 g/mol. The van der Waals surface area contributed by atoms with Gasteiger partial charge in [-0.1, -0.05) is 0 Å². The molecule has 2 N–H and O–H groups in total. The number of rotatable bonds is 4. The number of nitrogens with zero attached hydrogens (tertiary/aromatic N) is 2. The molecule has 0 fully saturated rings. The molecule has 5 nitrogen and oxygen atoms in total. The summed E-state index contributed by atoms with van der Waals surface area (Å²) in [6.45, 7) is 0. The minimum absolute atomic E-state index is 0.0247. The van der Waals surface area contributed by atoms with Crippen molar-refractivity contribution in [3.05, 3.63) is 78.0 Å². The zero-order valence-corrected chi connectivity index (χ0v) is 12.6. The summed E-state index contributed by atoms with van der Waals surface area (Å²) in [6, 6.07) is 9.71. The van der Waals surface area contributed by atoms with Gasteiger partial charge in [0.25, 0.3) is 5.91 Å². The molecule has 0 bridgehead atoms. The first-order chi connectivity index (χ1) is 12.0. The highest BCUT2D eigenvalue weighted by atomic mass is 19.1. The second-order valence-corrected chi connectivity index (χ2v) is 5.00. The van der Waals surface area contributed by atoms with E-state index in [9.17, 15) is 18.0 Å². The van der Waals surface area contributed by atoms with Crippen LogP contribution in [0.2, 0.25) is 0 Å². The first kappa shape index (κ1) is 16.4. The summed E-state index contributed by atoms with van der Waals surface area (Å²) in [4.78, 5) is 19.9. The summed E-state index contributed by atoms with van der Waals surface area (Å²) in [7, 11) is 0. The lowest BCUT2D eigenvalue weighted by atomic mass is 10.2. The van der Waals surface area contributed by atoms with Gasteiger partial charge < -0.3 is 10.6 Å². The summed E-state index contributed by atoms with van der Waals surface area (Å²) >= 11 is 0. The monoisotopic (exact) mass is 344 g/mol. The molecule has 1 amide bonds. The van der Waals surface area contributed by atoms with Crippen LogP contribution in [-0.4, -0.2) is 15.9 Å². The van der Waals surface area contributed by atoms with Crippen LogP contribution >= 0.6 is 0 Å². The minimum Gasteiger partial charge on any atom is -0.340 e. The van der Waals surface area contributed by atoms with E-state index in [0.717, 1.165) is 18.5 Å². The van der Waals surface area contributed by atoms with Crippen molar-refractivity contribution in [2.75, 3.05) is 10.6 Å². The van der Waals surface area contributed by atoms with E-state index in [-0.39, 0.29) is 17.2 Å². The number of amides is 1. The Kier molecular flexibility index (Phi) is 4.60. The van der Waals surface area contributed by atoms with Gasteiger partial charge in [-0.2, -0.15) is 0 Å². The molecule has 3 aromatic rings. The maximum absolute atomic E-state index is 13.6. The second-order valence-electron chi connectivity index (χ2n) is 5.00. The molecule has 0 saturated carbocycles. The number of carbonyl (C=O) groups is 1. The van der Waals surface area contributed by atoms with Gasteiger partial charge in [0.2, 0.25) is 0 Å². The number of aromatic nitrogens is 2. The Balaban J connectivity index is 1.76. The fourth-order valence-electron chi connectivity index (χ4n) is 2.01. The van der Waals surface area contributed by atoms with E-state index >= 15 is 0 Å². The average Bonchev–Trinajstić information content (AvgIpc) is 2.60. The predicted molar refractivity (Wildman–Crippen MR) is 86.0 cm³/mol. The van der Waals surface area contributed by atoms with Crippen molar-refractivity contribution in [3.8, 4) is 0 Å². The Hall–Kier alpha value is -3.42. The fourth-order valence-corrected chi connectivity index (χ4v) is 2.01. The van der Waals surface area contributed by atoms with Crippen molar-refractivity contribution < 1.29 is 18.0 Å². The Morgan fingerprint density at radius 2 is 1.60 bits per heavy atom. The van der Waals surface area contributed by atoms with Crippen molar-refractivity contribution in [1.29, 1.82) is 0 Å². The highest BCUT2D eigenvalue weighted by molar-refractivity contribution is 6.03. The number of anilines is 3. The van der Waals surface area contributed by atoms with Gasteiger partial charge in [-0.25, -0.2) is 23.1 Å². The summed E-state index contributed by atoms with van der Waals surface area (Å²) in [5.74, 6) is -2.41. The maximum atomic E-state index is 13.6. The Morgan fingerprint density at radius 1 is 0.880 bits per heavy atom. The molecule has 0 aliphatic carbocycles. The van der Waals surface area contributed by atoms with Gasteiger partial charge in [0.05, 0.1) is 5.69 Å². The first-order valence-corrected chi connectivity index (χ1v) is 7.12. The quantitative estimate of drug-likeness (QED) is 0.753. The third-order valence-electron chi connectivity index (χ3n) is 3.20. The van der Waals surface area contributed by atoms with Gasteiger partial charge >= 0.3 is 0 Å². The lowest BCUT2D eigenvalue weighted by Crippen LogP contribution is -2.15. The van der Waals surface area contributed by atoms with Crippen molar-refractivity contribution in [3.63, 3.8) is 0 Å². The van der Waals surface area contributed by atoms with Crippen molar-refractivity contribution in [1.82, 2.24) is 9.97 Å². The molecule has 25 heavy (non-hydrogen) atoms. The molecule has 3 rings (SSSR count). The Labute approximate surface area is 140 Å². The van der Waals surface area contributed by atoms with Gasteiger partial charge in [-0.3, -0.25) is 4.79 Å². The van der Waals surface area contributed by atoms with Crippen LogP contribution in [0.1, 0.15) is 10.5 Å². The lowest BCUT2D eigenvalue weighted by molar-refractivity contribution is 0.102. The van der Waals surface area contributed by atoms with Crippen LogP contribution in [0.15, 0.2) is 54.9 Å². The molecule has 0 saturated heterocycles. The molecule has 0 radical (unpaired) electrons. The van der Waals surface area contributed by atoms with Crippen LogP contribution < -0.4 is 10.6 Å². The molecule has 2 aromatic carbocycles. The third-order valence-corrected chi connectivity index (χ3v) is 3.20. The number of halogens is 3. The third kappa shape index (κ3) is 4.11. The summed E-state index contributed by atoms with van der Waals surface area (Å²) in [5, 5.41) is 5.19. The van der Waals surface area contributed by atoms with E-state index in [2.05, 4.69) is 20.6 Å². The molecule has 0 atom stereocenters. The van der Waals surface area contributed by atoms with Gasteiger partial charge in [0.15, 0.2) is 0 Å². The number of benzene rings is 2.